The fourth-order valence-corrected chi connectivity index (χ4v) is 3.94. The maximum atomic E-state index is 12.5. The highest BCUT2D eigenvalue weighted by Crippen LogP contribution is 2.21. The van der Waals surface area contributed by atoms with E-state index in [1.54, 1.807) is 17.6 Å². The molecule has 0 aliphatic carbocycles. The highest BCUT2D eigenvalue weighted by atomic mass is 32.1. The molecule has 1 amide bonds. The van der Waals surface area contributed by atoms with Gasteiger partial charge in [-0.1, -0.05) is 0 Å². The first-order chi connectivity index (χ1) is 12.6. The fraction of sp³-hybridized carbons (Fsp3) is 0.438. The molecule has 0 unspecified atom stereocenters. The van der Waals surface area contributed by atoms with Crippen LogP contribution in [-0.2, 0) is 18.4 Å². The van der Waals surface area contributed by atoms with Crippen LogP contribution in [0.5, 0.6) is 0 Å². The van der Waals surface area contributed by atoms with Gasteiger partial charge in [0.2, 0.25) is 10.9 Å². The third-order valence-electron chi connectivity index (χ3n) is 4.67. The largest absolute Gasteiger partial charge is 0.355 e. The number of piperidine rings is 1. The van der Waals surface area contributed by atoms with Crippen molar-refractivity contribution in [2.75, 3.05) is 18.0 Å². The Hall–Kier alpha value is -2.75. The van der Waals surface area contributed by atoms with E-state index < -0.39 is 0 Å². The lowest BCUT2D eigenvalue weighted by Crippen LogP contribution is -2.41. The normalized spacial score (nSPS) is 15.5. The van der Waals surface area contributed by atoms with E-state index in [4.69, 9.17) is 0 Å². The third kappa shape index (κ3) is 3.19. The zero-order valence-electron chi connectivity index (χ0n) is 14.3. The van der Waals surface area contributed by atoms with E-state index >= 15 is 0 Å². The Morgan fingerprint density at radius 3 is 2.92 bits per heavy atom. The molecular formula is C16H19N7O2S. The molecule has 0 bridgehead atoms. The maximum absolute atomic E-state index is 12.5. The van der Waals surface area contributed by atoms with E-state index in [-0.39, 0.29) is 17.4 Å². The first kappa shape index (κ1) is 16.7. The van der Waals surface area contributed by atoms with Gasteiger partial charge in [-0.2, -0.15) is 10.2 Å². The summed E-state index contributed by atoms with van der Waals surface area (Å²) in [5.41, 5.74) is 0.806. The number of hydrogen-bond donors (Lipinski definition) is 1. The minimum atomic E-state index is -0.127. The van der Waals surface area contributed by atoms with E-state index in [0.717, 1.165) is 42.4 Å². The lowest BCUT2D eigenvalue weighted by Gasteiger charge is -2.32. The fourth-order valence-electron chi connectivity index (χ4n) is 3.15. The van der Waals surface area contributed by atoms with Crippen LogP contribution in [0.1, 0.15) is 18.5 Å². The van der Waals surface area contributed by atoms with Crippen LogP contribution in [0.15, 0.2) is 28.6 Å². The summed E-state index contributed by atoms with van der Waals surface area (Å²) >= 11 is 1.51. The number of anilines is 1. The Morgan fingerprint density at radius 1 is 1.35 bits per heavy atom. The molecule has 0 spiro atoms. The molecule has 1 aliphatic heterocycles. The smallest absolute Gasteiger partial charge is 0.266 e. The molecule has 4 rings (SSSR count). The minimum absolute atomic E-state index is 0.0105. The number of fused-ring (bicyclic) bond motifs is 1. The van der Waals surface area contributed by atoms with E-state index in [2.05, 4.69) is 25.4 Å². The molecule has 4 heterocycles. The second-order valence-electron chi connectivity index (χ2n) is 6.31. The Bertz CT molecular complexity index is 984. The number of aromatic nitrogens is 5. The summed E-state index contributed by atoms with van der Waals surface area (Å²) in [6.07, 6.45) is 3.04. The van der Waals surface area contributed by atoms with Crippen molar-refractivity contribution >= 4 is 28.0 Å². The van der Waals surface area contributed by atoms with Crippen LogP contribution in [0.2, 0.25) is 0 Å². The van der Waals surface area contributed by atoms with Crippen LogP contribution in [0.25, 0.3) is 4.96 Å². The Morgan fingerprint density at radius 2 is 2.15 bits per heavy atom. The zero-order chi connectivity index (χ0) is 18.1. The predicted octanol–water partition coefficient (Wildman–Crippen LogP) is 0.417. The van der Waals surface area contributed by atoms with Crippen LogP contribution < -0.4 is 15.8 Å². The summed E-state index contributed by atoms with van der Waals surface area (Å²) in [5, 5.41) is 13.4. The summed E-state index contributed by atoms with van der Waals surface area (Å²) in [6, 6.07) is 3.26. The van der Waals surface area contributed by atoms with Gasteiger partial charge < -0.3 is 10.2 Å². The molecule has 0 atom stereocenters. The van der Waals surface area contributed by atoms with Crippen LogP contribution in [-0.4, -0.2) is 43.4 Å². The molecule has 26 heavy (non-hydrogen) atoms. The molecule has 9 nitrogen and oxygen atoms in total. The van der Waals surface area contributed by atoms with Gasteiger partial charge in [0.05, 0.1) is 12.2 Å². The third-order valence-corrected chi connectivity index (χ3v) is 5.55. The molecule has 136 valence electrons. The van der Waals surface area contributed by atoms with Gasteiger partial charge >= 0.3 is 0 Å². The number of aryl methyl sites for hydroxylation is 1. The van der Waals surface area contributed by atoms with Crippen molar-refractivity contribution in [3.8, 4) is 0 Å². The van der Waals surface area contributed by atoms with Gasteiger partial charge in [-0.15, -0.1) is 11.3 Å². The summed E-state index contributed by atoms with van der Waals surface area (Å²) < 4.78 is 3.08. The Labute approximate surface area is 153 Å². The van der Waals surface area contributed by atoms with Crippen molar-refractivity contribution in [3.63, 3.8) is 0 Å². The molecule has 0 radical (unpaired) electrons. The maximum Gasteiger partial charge on any atom is 0.266 e. The number of thiazole rings is 1. The highest BCUT2D eigenvalue weighted by Gasteiger charge is 2.26. The molecule has 1 aliphatic rings. The van der Waals surface area contributed by atoms with Gasteiger partial charge in [0.1, 0.15) is 12.1 Å². The number of carbonyl (C=O) groups is 1. The van der Waals surface area contributed by atoms with E-state index in [0.29, 0.717) is 6.54 Å². The van der Waals surface area contributed by atoms with Crippen molar-refractivity contribution < 1.29 is 4.79 Å². The molecule has 3 aromatic heterocycles. The summed E-state index contributed by atoms with van der Waals surface area (Å²) in [4.78, 5) is 31.0. The van der Waals surface area contributed by atoms with Crippen molar-refractivity contribution in [2.45, 2.75) is 19.4 Å². The zero-order valence-corrected chi connectivity index (χ0v) is 15.1. The van der Waals surface area contributed by atoms with Gasteiger partial charge in [0.15, 0.2) is 0 Å². The van der Waals surface area contributed by atoms with Gasteiger partial charge in [-0.25, -0.2) is 14.2 Å². The van der Waals surface area contributed by atoms with Crippen molar-refractivity contribution in [1.82, 2.24) is 29.7 Å². The molecule has 10 heteroatoms. The molecular weight excluding hydrogens is 354 g/mol. The van der Waals surface area contributed by atoms with Crippen LogP contribution >= 0.6 is 11.3 Å². The molecule has 3 aromatic rings. The first-order valence-corrected chi connectivity index (χ1v) is 9.33. The van der Waals surface area contributed by atoms with Crippen molar-refractivity contribution in [1.29, 1.82) is 0 Å². The van der Waals surface area contributed by atoms with Gasteiger partial charge in [-0.05, 0) is 18.9 Å². The number of rotatable bonds is 4. The molecule has 0 aromatic carbocycles. The average Bonchev–Trinajstić information content (AvgIpc) is 3.26. The average molecular weight is 373 g/mol. The van der Waals surface area contributed by atoms with E-state index in [1.165, 1.54) is 28.4 Å². The number of amides is 1. The van der Waals surface area contributed by atoms with Crippen molar-refractivity contribution in [3.05, 3.63) is 39.9 Å². The van der Waals surface area contributed by atoms with E-state index in [9.17, 15) is 9.59 Å². The second-order valence-corrected chi connectivity index (χ2v) is 7.15. The number of nitrogens with one attached hydrogen (secondary N) is 1. The van der Waals surface area contributed by atoms with E-state index in [1.807, 2.05) is 5.38 Å². The SMILES string of the molecule is Cn1nc(N2CCC(C(=O)NCc3csc4ncnn34)CC2)ccc1=O. The quantitative estimate of drug-likeness (QED) is 0.712. The number of hydrogen-bond acceptors (Lipinski definition) is 7. The standard InChI is InChI=1S/C16H19N7O2S/c1-21-14(24)3-2-13(20-21)22-6-4-11(5-7-22)15(25)17-8-12-9-26-16-18-10-19-23(12)16/h2-3,9-11H,4-8H2,1H3,(H,17,25). The monoisotopic (exact) mass is 373 g/mol. The lowest BCUT2D eigenvalue weighted by molar-refractivity contribution is -0.125. The number of nitrogens with zero attached hydrogens (tertiary/aromatic N) is 6. The molecule has 1 saturated heterocycles. The molecule has 1 fully saturated rings. The first-order valence-electron chi connectivity index (χ1n) is 8.45. The molecule has 1 N–H and O–H groups in total. The predicted molar refractivity (Wildman–Crippen MR) is 97.1 cm³/mol. The lowest BCUT2D eigenvalue weighted by atomic mass is 9.96. The number of carbonyl (C=O) groups excluding carboxylic acids is 1. The molecule has 0 saturated carbocycles. The summed E-state index contributed by atoms with van der Waals surface area (Å²) in [5.74, 6) is 0.832. The second kappa shape index (κ2) is 6.87. The van der Waals surface area contributed by atoms with Crippen LogP contribution in [0.4, 0.5) is 5.82 Å². The highest BCUT2D eigenvalue weighted by molar-refractivity contribution is 7.15. The van der Waals surface area contributed by atoms with Crippen molar-refractivity contribution in [2.24, 2.45) is 13.0 Å². The summed E-state index contributed by atoms with van der Waals surface area (Å²) in [6.45, 7) is 1.94. The van der Waals surface area contributed by atoms with Gasteiger partial charge in [0, 0.05) is 37.5 Å². The van der Waals surface area contributed by atoms with Crippen LogP contribution in [0.3, 0.4) is 0 Å². The Kier molecular flexibility index (Phi) is 4.41. The summed E-state index contributed by atoms with van der Waals surface area (Å²) in [7, 11) is 1.64. The van der Waals surface area contributed by atoms with Crippen LogP contribution in [0, 0.1) is 5.92 Å². The topological polar surface area (TPSA) is 97.4 Å². The minimum Gasteiger partial charge on any atom is -0.355 e. The Balaban J connectivity index is 1.32. The van der Waals surface area contributed by atoms with Gasteiger partial charge in [-0.3, -0.25) is 9.59 Å². The van der Waals surface area contributed by atoms with Gasteiger partial charge in [0.25, 0.3) is 5.56 Å².